The lowest BCUT2D eigenvalue weighted by Crippen LogP contribution is -2.28. The van der Waals surface area contributed by atoms with Gasteiger partial charge in [-0.1, -0.05) is 18.9 Å². The van der Waals surface area contributed by atoms with Crippen LogP contribution in [0.4, 0.5) is 4.39 Å². The van der Waals surface area contributed by atoms with Crippen LogP contribution in [0.15, 0.2) is 18.2 Å². The van der Waals surface area contributed by atoms with Crippen LogP contribution >= 0.6 is 0 Å². The van der Waals surface area contributed by atoms with E-state index in [1.807, 2.05) is 13.0 Å². The summed E-state index contributed by atoms with van der Waals surface area (Å²) >= 11 is 0. The molecule has 0 radical (unpaired) electrons. The van der Waals surface area contributed by atoms with Crippen LogP contribution < -0.4 is 5.32 Å². The summed E-state index contributed by atoms with van der Waals surface area (Å²) in [7, 11) is 0. The first-order valence-corrected chi connectivity index (χ1v) is 6.24. The van der Waals surface area contributed by atoms with Crippen molar-refractivity contribution in [3.8, 4) is 0 Å². The van der Waals surface area contributed by atoms with Gasteiger partial charge in [0.1, 0.15) is 5.82 Å². The first-order chi connectivity index (χ1) is 7.75. The Hall–Kier alpha value is -0.890. The lowest BCUT2D eigenvalue weighted by Gasteiger charge is -2.12. The van der Waals surface area contributed by atoms with E-state index in [1.54, 1.807) is 12.1 Å². The summed E-state index contributed by atoms with van der Waals surface area (Å²) in [6, 6.07) is 5.80. The molecule has 0 atom stereocenters. The highest BCUT2D eigenvalue weighted by Crippen LogP contribution is 2.17. The van der Waals surface area contributed by atoms with Crippen LogP contribution in [0.1, 0.15) is 36.8 Å². The van der Waals surface area contributed by atoms with Gasteiger partial charge in [0.2, 0.25) is 0 Å². The van der Waals surface area contributed by atoms with Gasteiger partial charge in [-0.05, 0) is 56.0 Å². The standard InChI is InChI=1S/C14H20FN/c1-11-10-13(15)7-6-12(11)8-9-16-14-4-2-3-5-14/h6-7,10,14,16H,2-5,8-9H2,1H3. The monoisotopic (exact) mass is 221 g/mol. The van der Waals surface area contributed by atoms with Gasteiger partial charge >= 0.3 is 0 Å². The van der Waals surface area contributed by atoms with Gasteiger partial charge in [-0.3, -0.25) is 0 Å². The third-order valence-electron chi connectivity index (χ3n) is 3.49. The van der Waals surface area contributed by atoms with Crippen molar-refractivity contribution in [1.29, 1.82) is 0 Å². The van der Waals surface area contributed by atoms with E-state index in [4.69, 9.17) is 0 Å². The number of hydrogen-bond donors (Lipinski definition) is 1. The Morgan fingerprint density at radius 1 is 1.31 bits per heavy atom. The fraction of sp³-hybridized carbons (Fsp3) is 0.571. The molecule has 0 heterocycles. The molecule has 0 bridgehead atoms. The number of halogens is 1. The molecule has 0 saturated heterocycles. The largest absolute Gasteiger partial charge is 0.314 e. The quantitative estimate of drug-likeness (QED) is 0.823. The van der Waals surface area contributed by atoms with E-state index in [9.17, 15) is 4.39 Å². The molecule has 0 unspecified atom stereocenters. The minimum atomic E-state index is -0.134. The van der Waals surface area contributed by atoms with E-state index < -0.39 is 0 Å². The molecule has 16 heavy (non-hydrogen) atoms. The molecule has 2 heteroatoms. The smallest absolute Gasteiger partial charge is 0.123 e. The number of aryl methyl sites for hydroxylation is 1. The molecule has 1 aliphatic carbocycles. The number of benzene rings is 1. The maximum Gasteiger partial charge on any atom is 0.123 e. The summed E-state index contributed by atoms with van der Waals surface area (Å²) < 4.78 is 12.9. The van der Waals surface area contributed by atoms with Gasteiger partial charge in [-0.2, -0.15) is 0 Å². The van der Waals surface area contributed by atoms with Crippen molar-refractivity contribution in [2.45, 2.75) is 45.1 Å². The van der Waals surface area contributed by atoms with Crippen molar-refractivity contribution < 1.29 is 4.39 Å². The molecule has 1 saturated carbocycles. The van der Waals surface area contributed by atoms with Gasteiger partial charge in [-0.15, -0.1) is 0 Å². The summed E-state index contributed by atoms with van der Waals surface area (Å²) in [4.78, 5) is 0. The second-order valence-electron chi connectivity index (χ2n) is 4.76. The highest BCUT2D eigenvalue weighted by molar-refractivity contribution is 5.26. The predicted molar refractivity (Wildman–Crippen MR) is 65.1 cm³/mol. The summed E-state index contributed by atoms with van der Waals surface area (Å²) in [6.45, 7) is 2.99. The van der Waals surface area contributed by atoms with Crippen LogP contribution in [-0.4, -0.2) is 12.6 Å². The Labute approximate surface area is 97.1 Å². The molecular formula is C14H20FN. The number of nitrogens with one attached hydrogen (secondary N) is 1. The Bertz CT molecular complexity index is 343. The highest BCUT2D eigenvalue weighted by Gasteiger charge is 2.13. The summed E-state index contributed by atoms with van der Waals surface area (Å²) in [5.74, 6) is -0.134. The molecular weight excluding hydrogens is 201 g/mol. The van der Waals surface area contributed by atoms with Crippen LogP contribution in [0.3, 0.4) is 0 Å². The van der Waals surface area contributed by atoms with Crippen LogP contribution in [0, 0.1) is 12.7 Å². The van der Waals surface area contributed by atoms with Crippen LogP contribution in [0.2, 0.25) is 0 Å². The van der Waals surface area contributed by atoms with Crippen LogP contribution in [0.25, 0.3) is 0 Å². The lowest BCUT2D eigenvalue weighted by atomic mass is 10.1. The fourth-order valence-electron chi connectivity index (χ4n) is 2.48. The molecule has 0 aliphatic heterocycles. The zero-order chi connectivity index (χ0) is 11.4. The maximum atomic E-state index is 12.9. The topological polar surface area (TPSA) is 12.0 Å². The van der Waals surface area contributed by atoms with Gasteiger partial charge in [0, 0.05) is 6.04 Å². The second-order valence-corrected chi connectivity index (χ2v) is 4.76. The zero-order valence-electron chi connectivity index (χ0n) is 9.93. The van der Waals surface area contributed by atoms with E-state index in [2.05, 4.69) is 5.32 Å². The molecule has 1 aromatic rings. The third-order valence-corrected chi connectivity index (χ3v) is 3.49. The van der Waals surface area contributed by atoms with E-state index in [1.165, 1.54) is 31.2 Å². The minimum absolute atomic E-state index is 0.134. The fourth-order valence-corrected chi connectivity index (χ4v) is 2.48. The molecule has 1 fully saturated rings. The van der Waals surface area contributed by atoms with E-state index >= 15 is 0 Å². The Morgan fingerprint density at radius 3 is 2.75 bits per heavy atom. The van der Waals surface area contributed by atoms with Crippen molar-refractivity contribution >= 4 is 0 Å². The van der Waals surface area contributed by atoms with Crippen molar-refractivity contribution in [3.63, 3.8) is 0 Å². The van der Waals surface area contributed by atoms with E-state index in [0.29, 0.717) is 0 Å². The van der Waals surface area contributed by atoms with Crippen molar-refractivity contribution in [2.75, 3.05) is 6.54 Å². The minimum Gasteiger partial charge on any atom is -0.314 e. The Kier molecular flexibility index (Phi) is 3.94. The highest BCUT2D eigenvalue weighted by atomic mass is 19.1. The second kappa shape index (κ2) is 5.44. The van der Waals surface area contributed by atoms with Gasteiger partial charge in [0.25, 0.3) is 0 Å². The molecule has 1 N–H and O–H groups in total. The number of rotatable bonds is 4. The Balaban J connectivity index is 1.80. The average molecular weight is 221 g/mol. The van der Waals surface area contributed by atoms with Gasteiger partial charge < -0.3 is 5.32 Å². The molecule has 2 rings (SSSR count). The van der Waals surface area contributed by atoms with Gasteiger partial charge in [-0.25, -0.2) is 4.39 Å². The summed E-state index contributed by atoms with van der Waals surface area (Å²) in [5, 5.41) is 3.58. The van der Waals surface area contributed by atoms with Crippen molar-refractivity contribution in [2.24, 2.45) is 0 Å². The molecule has 1 aliphatic rings. The normalized spacial score (nSPS) is 16.9. The van der Waals surface area contributed by atoms with Crippen molar-refractivity contribution in [1.82, 2.24) is 5.32 Å². The lowest BCUT2D eigenvalue weighted by molar-refractivity contribution is 0.527. The zero-order valence-corrected chi connectivity index (χ0v) is 9.93. The summed E-state index contributed by atoms with van der Waals surface area (Å²) in [6.07, 6.45) is 6.38. The molecule has 0 amide bonds. The van der Waals surface area contributed by atoms with Gasteiger partial charge in [0.05, 0.1) is 0 Å². The van der Waals surface area contributed by atoms with Crippen LogP contribution in [-0.2, 0) is 6.42 Å². The summed E-state index contributed by atoms with van der Waals surface area (Å²) in [5.41, 5.74) is 2.32. The van der Waals surface area contributed by atoms with E-state index in [-0.39, 0.29) is 5.82 Å². The van der Waals surface area contributed by atoms with Gasteiger partial charge in [0.15, 0.2) is 0 Å². The maximum absolute atomic E-state index is 12.9. The first kappa shape index (κ1) is 11.6. The van der Waals surface area contributed by atoms with Crippen molar-refractivity contribution in [3.05, 3.63) is 35.1 Å². The average Bonchev–Trinajstić information content (AvgIpc) is 2.74. The molecule has 0 spiro atoms. The molecule has 1 aromatic carbocycles. The Morgan fingerprint density at radius 2 is 2.06 bits per heavy atom. The SMILES string of the molecule is Cc1cc(F)ccc1CCNC1CCCC1. The van der Waals surface area contributed by atoms with Crippen LogP contribution in [0.5, 0.6) is 0 Å². The predicted octanol–water partition coefficient (Wildman–Crippen LogP) is 3.21. The third kappa shape index (κ3) is 3.05. The molecule has 1 nitrogen and oxygen atoms in total. The number of hydrogen-bond acceptors (Lipinski definition) is 1. The first-order valence-electron chi connectivity index (χ1n) is 6.24. The van der Waals surface area contributed by atoms with E-state index in [0.717, 1.165) is 24.6 Å². The molecule has 88 valence electrons. The molecule has 0 aromatic heterocycles.